The molecule has 0 atom stereocenters. The molecule has 26 heavy (non-hydrogen) atoms. The van der Waals surface area contributed by atoms with Crippen molar-refractivity contribution in [3.63, 3.8) is 0 Å². The van der Waals surface area contributed by atoms with Crippen LogP contribution in [0.4, 0.5) is 10.2 Å². The van der Waals surface area contributed by atoms with Crippen molar-refractivity contribution in [2.24, 2.45) is 0 Å². The van der Waals surface area contributed by atoms with Crippen LogP contribution in [0.2, 0.25) is 0 Å². The predicted molar refractivity (Wildman–Crippen MR) is 105 cm³/mol. The van der Waals surface area contributed by atoms with Gasteiger partial charge in [0.1, 0.15) is 16.6 Å². The van der Waals surface area contributed by atoms with Gasteiger partial charge >= 0.3 is 0 Å². The summed E-state index contributed by atoms with van der Waals surface area (Å²) in [6, 6.07) is 15.6. The number of hydrogen-bond acceptors (Lipinski definition) is 4. The second-order valence-electron chi connectivity index (χ2n) is 5.50. The van der Waals surface area contributed by atoms with E-state index < -0.39 is 11.7 Å². The van der Waals surface area contributed by atoms with Crippen molar-refractivity contribution in [1.82, 2.24) is 9.97 Å². The molecule has 4 nitrogen and oxygen atoms in total. The highest BCUT2D eigenvalue weighted by atomic mass is 79.9. The highest BCUT2D eigenvalue weighted by molar-refractivity contribution is 9.10. The second kappa shape index (κ2) is 6.93. The number of carbonyl (C=O) groups is 1. The van der Waals surface area contributed by atoms with E-state index in [-0.39, 0.29) is 5.56 Å². The largest absolute Gasteiger partial charge is 0.306 e. The first kappa shape index (κ1) is 16.8. The van der Waals surface area contributed by atoms with Crippen LogP contribution in [0.25, 0.3) is 20.8 Å². The summed E-state index contributed by atoms with van der Waals surface area (Å²) in [4.78, 5) is 21.1. The molecular weight excluding hydrogens is 417 g/mol. The number of aromatic nitrogens is 2. The zero-order chi connectivity index (χ0) is 18.1. The number of para-hydroxylation sites is 1. The molecule has 0 spiro atoms. The van der Waals surface area contributed by atoms with E-state index in [0.717, 1.165) is 20.8 Å². The van der Waals surface area contributed by atoms with Crippen molar-refractivity contribution >= 4 is 49.2 Å². The molecule has 128 valence electrons. The summed E-state index contributed by atoms with van der Waals surface area (Å²) in [7, 11) is 0. The molecule has 4 aromatic rings. The van der Waals surface area contributed by atoms with Gasteiger partial charge in [0.2, 0.25) is 0 Å². The van der Waals surface area contributed by atoms with Gasteiger partial charge in [-0.25, -0.2) is 14.4 Å². The van der Waals surface area contributed by atoms with Gasteiger partial charge in [0.25, 0.3) is 5.91 Å². The van der Waals surface area contributed by atoms with Crippen LogP contribution in [-0.4, -0.2) is 15.9 Å². The van der Waals surface area contributed by atoms with Gasteiger partial charge < -0.3 is 5.32 Å². The van der Waals surface area contributed by atoms with Gasteiger partial charge in [0.05, 0.1) is 15.8 Å². The SMILES string of the molecule is O=C(Nc1ccc(-c2nc3ccccc3s2)cn1)c1cc(Br)ccc1F. The number of carbonyl (C=O) groups excluding carboxylic acids is 1. The van der Waals surface area contributed by atoms with Gasteiger partial charge in [-0.1, -0.05) is 28.1 Å². The fourth-order valence-corrected chi connectivity index (χ4v) is 3.76. The number of nitrogens with zero attached hydrogens (tertiary/aromatic N) is 2. The van der Waals surface area contributed by atoms with E-state index in [1.165, 1.54) is 18.2 Å². The van der Waals surface area contributed by atoms with Crippen LogP contribution >= 0.6 is 27.3 Å². The predicted octanol–water partition coefficient (Wildman–Crippen LogP) is 5.51. The fourth-order valence-electron chi connectivity index (χ4n) is 2.45. The van der Waals surface area contributed by atoms with Gasteiger partial charge in [-0.15, -0.1) is 11.3 Å². The van der Waals surface area contributed by atoms with Crippen LogP contribution in [0.5, 0.6) is 0 Å². The van der Waals surface area contributed by atoms with Crippen LogP contribution in [0, 0.1) is 5.82 Å². The average molecular weight is 428 g/mol. The normalized spacial score (nSPS) is 10.8. The van der Waals surface area contributed by atoms with Crippen molar-refractivity contribution < 1.29 is 9.18 Å². The Morgan fingerprint density at radius 3 is 2.73 bits per heavy atom. The molecule has 0 aliphatic rings. The molecule has 1 N–H and O–H groups in total. The summed E-state index contributed by atoms with van der Waals surface area (Å²) < 4.78 is 15.5. The number of halogens is 2. The van der Waals surface area contributed by atoms with E-state index in [1.54, 1.807) is 23.6 Å². The lowest BCUT2D eigenvalue weighted by Gasteiger charge is -2.06. The summed E-state index contributed by atoms with van der Waals surface area (Å²) in [6.45, 7) is 0. The van der Waals surface area contributed by atoms with Crippen molar-refractivity contribution in [1.29, 1.82) is 0 Å². The Hall–Kier alpha value is -2.64. The minimum Gasteiger partial charge on any atom is -0.306 e. The quantitative estimate of drug-likeness (QED) is 0.468. The zero-order valence-corrected chi connectivity index (χ0v) is 15.6. The first-order chi connectivity index (χ1) is 12.6. The van der Waals surface area contributed by atoms with E-state index in [9.17, 15) is 9.18 Å². The third-order valence-electron chi connectivity index (χ3n) is 3.72. The molecule has 7 heteroatoms. The first-order valence-corrected chi connectivity index (χ1v) is 9.29. The van der Waals surface area contributed by atoms with Gasteiger partial charge in [0, 0.05) is 16.2 Å². The third kappa shape index (κ3) is 3.36. The Labute approximate surface area is 160 Å². The molecule has 0 fully saturated rings. The Morgan fingerprint density at radius 1 is 1.12 bits per heavy atom. The van der Waals surface area contributed by atoms with Gasteiger partial charge in [-0.05, 0) is 42.5 Å². The van der Waals surface area contributed by atoms with E-state index in [4.69, 9.17) is 0 Å². The minimum atomic E-state index is -0.586. The summed E-state index contributed by atoms with van der Waals surface area (Å²) in [5, 5.41) is 3.46. The smallest absolute Gasteiger partial charge is 0.259 e. The van der Waals surface area contributed by atoms with E-state index >= 15 is 0 Å². The minimum absolute atomic E-state index is 0.0450. The lowest BCUT2D eigenvalue weighted by atomic mass is 10.2. The molecule has 0 unspecified atom stereocenters. The Morgan fingerprint density at radius 2 is 1.96 bits per heavy atom. The summed E-state index contributed by atoms with van der Waals surface area (Å²) in [5.74, 6) is -0.792. The van der Waals surface area contributed by atoms with Crippen LogP contribution in [0.3, 0.4) is 0 Å². The molecule has 2 aromatic carbocycles. The average Bonchev–Trinajstić information content (AvgIpc) is 3.08. The molecule has 0 aliphatic carbocycles. The van der Waals surface area contributed by atoms with E-state index in [2.05, 4.69) is 31.2 Å². The molecule has 0 saturated carbocycles. The lowest BCUT2D eigenvalue weighted by molar-refractivity contribution is 0.102. The molecule has 0 radical (unpaired) electrons. The molecule has 4 rings (SSSR count). The Kier molecular flexibility index (Phi) is 4.48. The van der Waals surface area contributed by atoms with E-state index in [1.807, 2.05) is 30.3 Å². The van der Waals surface area contributed by atoms with Crippen LogP contribution in [0.15, 0.2) is 65.3 Å². The highest BCUT2D eigenvalue weighted by Gasteiger charge is 2.13. The summed E-state index contributed by atoms with van der Waals surface area (Å²) >= 11 is 4.81. The fraction of sp³-hybridized carbons (Fsp3) is 0. The third-order valence-corrected chi connectivity index (χ3v) is 5.30. The summed E-state index contributed by atoms with van der Waals surface area (Å²) in [6.07, 6.45) is 1.64. The van der Waals surface area contributed by atoms with Crippen LogP contribution in [-0.2, 0) is 0 Å². The van der Waals surface area contributed by atoms with Crippen molar-refractivity contribution in [3.05, 3.63) is 76.6 Å². The molecular formula is C19H11BrFN3OS. The maximum atomic E-state index is 13.8. The number of anilines is 1. The zero-order valence-electron chi connectivity index (χ0n) is 13.2. The molecule has 1 amide bonds. The van der Waals surface area contributed by atoms with Gasteiger partial charge in [-0.2, -0.15) is 0 Å². The first-order valence-electron chi connectivity index (χ1n) is 7.68. The maximum Gasteiger partial charge on any atom is 0.259 e. The summed E-state index contributed by atoms with van der Waals surface area (Å²) in [5.41, 5.74) is 1.75. The number of amides is 1. The van der Waals surface area contributed by atoms with Crippen LogP contribution in [0.1, 0.15) is 10.4 Å². The van der Waals surface area contributed by atoms with Crippen molar-refractivity contribution in [2.75, 3.05) is 5.32 Å². The Bertz CT molecular complexity index is 1080. The standard InChI is InChI=1S/C19H11BrFN3OS/c20-12-6-7-14(21)13(9-12)18(25)24-17-8-5-11(10-22-17)19-23-15-3-1-2-4-16(15)26-19/h1-10H,(H,22,24,25). The van der Waals surface area contributed by atoms with E-state index in [0.29, 0.717) is 10.3 Å². The molecule has 2 heterocycles. The molecule has 0 aliphatic heterocycles. The number of thiazole rings is 1. The van der Waals surface area contributed by atoms with Gasteiger partial charge in [-0.3, -0.25) is 4.79 Å². The Balaban J connectivity index is 1.56. The number of hydrogen-bond donors (Lipinski definition) is 1. The number of pyridine rings is 1. The number of benzene rings is 2. The molecule has 2 aromatic heterocycles. The maximum absolute atomic E-state index is 13.8. The highest BCUT2D eigenvalue weighted by Crippen LogP contribution is 2.30. The lowest BCUT2D eigenvalue weighted by Crippen LogP contribution is -2.14. The monoisotopic (exact) mass is 427 g/mol. The number of nitrogens with one attached hydrogen (secondary N) is 1. The second-order valence-corrected chi connectivity index (χ2v) is 7.44. The topological polar surface area (TPSA) is 54.9 Å². The number of rotatable bonds is 3. The van der Waals surface area contributed by atoms with Gasteiger partial charge in [0.15, 0.2) is 0 Å². The van der Waals surface area contributed by atoms with Crippen molar-refractivity contribution in [2.45, 2.75) is 0 Å². The number of fused-ring (bicyclic) bond motifs is 1. The molecule has 0 saturated heterocycles. The van der Waals surface area contributed by atoms with Crippen LogP contribution < -0.4 is 5.32 Å². The van der Waals surface area contributed by atoms with Crippen molar-refractivity contribution in [3.8, 4) is 10.6 Å². The molecule has 0 bridgehead atoms.